The number of aliphatic hydroxyl groups is 1. The fourth-order valence-electron chi connectivity index (χ4n) is 1.69. The Morgan fingerprint density at radius 1 is 1.47 bits per heavy atom. The molecule has 1 aromatic carbocycles. The zero-order chi connectivity index (χ0) is 14.3. The van der Waals surface area contributed by atoms with Gasteiger partial charge < -0.3 is 10.4 Å². The van der Waals surface area contributed by atoms with E-state index in [-0.39, 0.29) is 18.6 Å². The number of hydrogen-bond acceptors (Lipinski definition) is 3. The molecule has 2 atom stereocenters. The maximum absolute atomic E-state index is 12.0. The fourth-order valence-corrected chi connectivity index (χ4v) is 1.69. The molecule has 1 rings (SSSR count). The second kappa shape index (κ2) is 6.91. The highest BCUT2D eigenvalue weighted by Gasteiger charge is 2.32. The van der Waals surface area contributed by atoms with Crippen molar-refractivity contribution >= 4 is 5.91 Å². The largest absolute Gasteiger partial charge is 0.394 e. The monoisotopic (exact) mass is 260 g/mol. The number of nitrogens with zero attached hydrogens (tertiary/aromatic N) is 1. The minimum absolute atomic E-state index is 0.147. The molecule has 0 saturated carbocycles. The van der Waals surface area contributed by atoms with Crippen LogP contribution in [0, 0.1) is 16.7 Å². The first-order valence-corrected chi connectivity index (χ1v) is 6.42. The summed E-state index contributed by atoms with van der Waals surface area (Å²) in [6.07, 6.45) is 0.993. The van der Waals surface area contributed by atoms with Crippen molar-refractivity contribution in [1.29, 1.82) is 5.26 Å². The number of nitriles is 1. The number of hydrogen-bond donors (Lipinski definition) is 2. The number of amides is 1. The number of nitrogens with one attached hydrogen (secondary N) is 1. The Bertz CT molecular complexity index is 453. The quantitative estimate of drug-likeness (QED) is 0.816. The SMILES string of the molecule is CCC(C)(C#N)C(=O)N[C@H](CO)Cc1ccccc1. The van der Waals surface area contributed by atoms with Crippen molar-refractivity contribution in [2.45, 2.75) is 32.7 Å². The Morgan fingerprint density at radius 3 is 2.58 bits per heavy atom. The number of benzene rings is 1. The third kappa shape index (κ3) is 4.08. The van der Waals surface area contributed by atoms with Crippen LogP contribution in [0.25, 0.3) is 0 Å². The fraction of sp³-hybridized carbons (Fsp3) is 0.467. The van der Waals surface area contributed by atoms with Gasteiger partial charge in [-0.05, 0) is 25.3 Å². The summed E-state index contributed by atoms with van der Waals surface area (Å²) in [4.78, 5) is 12.0. The number of carbonyl (C=O) groups is 1. The van der Waals surface area contributed by atoms with Gasteiger partial charge in [0, 0.05) is 0 Å². The van der Waals surface area contributed by atoms with E-state index >= 15 is 0 Å². The van der Waals surface area contributed by atoms with Gasteiger partial charge in [-0.2, -0.15) is 5.26 Å². The topological polar surface area (TPSA) is 73.1 Å². The first-order valence-electron chi connectivity index (χ1n) is 6.42. The lowest BCUT2D eigenvalue weighted by molar-refractivity contribution is -0.128. The molecule has 0 spiro atoms. The second-order valence-electron chi connectivity index (χ2n) is 4.84. The molecule has 1 aromatic rings. The lowest BCUT2D eigenvalue weighted by Gasteiger charge is -2.23. The molecule has 0 radical (unpaired) electrons. The molecule has 1 unspecified atom stereocenters. The van der Waals surface area contributed by atoms with E-state index in [9.17, 15) is 9.90 Å². The third-order valence-electron chi connectivity index (χ3n) is 3.34. The molecule has 102 valence electrons. The van der Waals surface area contributed by atoms with E-state index in [4.69, 9.17) is 5.26 Å². The van der Waals surface area contributed by atoms with Crippen LogP contribution in [-0.2, 0) is 11.2 Å². The average molecular weight is 260 g/mol. The van der Waals surface area contributed by atoms with Gasteiger partial charge in [0.25, 0.3) is 0 Å². The van der Waals surface area contributed by atoms with Gasteiger partial charge in [0.15, 0.2) is 0 Å². The molecule has 1 amide bonds. The highest BCUT2D eigenvalue weighted by Crippen LogP contribution is 2.20. The summed E-state index contributed by atoms with van der Waals surface area (Å²) in [5.41, 5.74) is 0.00131. The molecule has 0 aliphatic carbocycles. The van der Waals surface area contributed by atoms with Gasteiger partial charge in [0.2, 0.25) is 5.91 Å². The van der Waals surface area contributed by atoms with E-state index in [2.05, 4.69) is 5.32 Å². The molecule has 4 nitrogen and oxygen atoms in total. The van der Waals surface area contributed by atoms with E-state index in [0.717, 1.165) is 5.56 Å². The minimum atomic E-state index is -1.04. The molecule has 0 aromatic heterocycles. The lowest BCUT2D eigenvalue weighted by atomic mass is 9.88. The second-order valence-corrected chi connectivity index (χ2v) is 4.84. The van der Waals surface area contributed by atoms with Crippen LogP contribution in [0.2, 0.25) is 0 Å². The Labute approximate surface area is 114 Å². The van der Waals surface area contributed by atoms with Crippen molar-refractivity contribution in [1.82, 2.24) is 5.32 Å². The molecule has 0 aliphatic heterocycles. The van der Waals surface area contributed by atoms with Crippen molar-refractivity contribution in [3.8, 4) is 6.07 Å². The van der Waals surface area contributed by atoms with Gasteiger partial charge in [-0.25, -0.2) is 0 Å². The standard InChI is InChI=1S/C15H20N2O2/c1-3-15(2,11-16)14(19)17-13(10-18)9-12-7-5-4-6-8-12/h4-8,13,18H,3,9-10H2,1-2H3,(H,17,19)/t13-,15?/m0/s1. The van der Waals surface area contributed by atoms with Crippen LogP contribution >= 0.6 is 0 Å². The van der Waals surface area contributed by atoms with Crippen LogP contribution < -0.4 is 5.32 Å². The smallest absolute Gasteiger partial charge is 0.240 e. The highest BCUT2D eigenvalue weighted by molar-refractivity contribution is 5.85. The number of aliphatic hydroxyl groups excluding tert-OH is 1. The molecular weight excluding hydrogens is 240 g/mol. The Balaban J connectivity index is 2.68. The number of carbonyl (C=O) groups excluding carboxylic acids is 1. The van der Waals surface area contributed by atoms with E-state index < -0.39 is 5.41 Å². The first-order chi connectivity index (χ1) is 9.05. The van der Waals surface area contributed by atoms with Crippen molar-refractivity contribution in [3.05, 3.63) is 35.9 Å². The van der Waals surface area contributed by atoms with Gasteiger partial charge in [-0.3, -0.25) is 4.79 Å². The molecule has 0 bridgehead atoms. The molecule has 0 heterocycles. The van der Waals surface area contributed by atoms with Crippen LogP contribution in [0.5, 0.6) is 0 Å². The van der Waals surface area contributed by atoms with Crippen molar-refractivity contribution in [2.75, 3.05) is 6.61 Å². The van der Waals surface area contributed by atoms with Crippen molar-refractivity contribution in [2.24, 2.45) is 5.41 Å². The summed E-state index contributed by atoms with van der Waals surface area (Å²) in [7, 11) is 0. The molecule has 4 heteroatoms. The lowest BCUT2D eigenvalue weighted by Crippen LogP contribution is -2.46. The third-order valence-corrected chi connectivity index (χ3v) is 3.34. The summed E-state index contributed by atoms with van der Waals surface area (Å²) in [5, 5.41) is 21.2. The predicted octanol–water partition coefficient (Wildman–Crippen LogP) is 1.65. The van der Waals surface area contributed by atoms with Crippen molar-refractivity contribution in [3.63, 3.8) is 0 Å². The van der Waals surface area contributed by atoms with Crippen LogP contribution in [0.15, 0.2) is 30.3 Å². The van der Waals surface area contributed by atoms with Gasteiger partial charge in [-0.15, -0.1) is 0 Å². The van der Waals surface area contributed by atoms with Gasteiger partial charge >= 0.3 is 0 Å². The Hall–Kier alpha value is -1.86. The van der Waals surface area contributed by atoms with Gasteiger partial charge in [-0.1, -0.05) is 37.3 Å². The van der Waals surface area contributed by atoms with E-state index in [0.29, 0.717) is 12.8 Å². The predicted molar refractivity (Wildman–Crippen MR) is 73.2 cm³/mol. The Morgan fingerprint density at radius 2 is 2.11 bits per heavy atom. The maximum Gasteiger partial charge on any atom is 0.240 e. The van der Waals surface area contributed by atoms with Gasteiger partial charge in [0.1, 0.15) is 5.41 Å². The van der Waals surface area contributed by atoms with E-state index in [1.54, 1.807) is 13.8 Å². The maximum atomic E-state index is 12.0. The van der Waals surface area contributed by atoms with Crippen LogP contribution in [-0.4, -0.2) is 23.7 Å². The summed E-state index contributed by atoms with van der Waals surface area (Å²) >= 11 is 0. The molecule has 0 saturated heterocycles. The minimum Gasteiger partial charge on any atom is -0.394 e. The summed E-state index contributed by atoms with van der Waals surface area (Å²) in [6.45, 7) is 3.26. The molecule has 0 fully saturated rings. The summed E-state index contributed by atoms with van der Waals surface area (Å²) in [6, 6.07) is 11.3. The van der Waals surface area contributed by atoms with Crippen LogP contribution in [0.4, 0.5) is 0 Å². The zero-order valence-electron chi connectivity index (χ0n) is 11.4. The first kappa shape index (κ1) is 15.2. The average Bonchev–Trinajstić information content (AvgIpc) is 2.46. The van der Waals surface area contributed by atoms with Gasteiger partial charge in [0.05, 0.1) is 18.7 Å². The Kier molecular flexibility index (Phi) is 5.53. The van der Waals surface area contributed by atoms with Crippen LogP contribution in [0.3, 0.4) is 0 Å². The van der Waals surface area contributed by atoms with E-state index in [1.165, 1.54) is 0 Å². The van der Waals surface area contributed by atoms with Crippen molar-refractivity contribution < 1.29 is 9.90 Å². The summed E-state index contributed by atoms with van der Waals surface area (Å²) in [5.74, 6) is -0.326. The van der Waals surface area contributed by atoms with Crippen LogP contribution in [0.1, 0.15) is 25.8 Å². The normalized spacial score (nSPS) is 15.1. The summed E-state index contributed by atoms with van der Waals surface area (Å²) < 4.78 is 0. The zero-order valence-corrected chi connectivity index (χ0v) is 11.4. The molecule has 0 aliphatic rings. The van der Waals surface area contributed by atoms with E-state index in [1.807, 2.05) is 36.4 Å². The molecular formula is C15H20N2O2. The number of rotatable bonds is 6. The highest BCUT2D eigenvalue weighted by atomic mass is 16.3. The molecule has 19 heavy (non-hydrogen) atoms. The molecule has 2 N–H and O–H groups in total.